The zero-order valence-corrected chi connectivity index (χ0v) is 22.6. The minimum Gasteiger partial charge on any atom is -0.486 e. The topological polar surface area (TPSA) is 83.9 Å². The third kappa shape index (κ3) is 5.88. The molecule has 2 aliphatic rings. The Morgan fingerprint density at radius 2 is 1.63 bits per heavy atom. The third-order valence-corrected chi connectivity index (χ3v) is 9.62. The lowest BCUT2D eigenvalue weighted by Gasteiger charge is -2.35. The minimum absolute atomic E-state index is 0.0504. The number of ether oxygens (including phenoxy) is 1. The quantitative estimate of drug-likeness (QED) is 0.352. The number of fused-ring (bicyclic) bond motifs is 1. The molecule has 5 rings (SSSR count). The van der Waals surface area contributed by atoms with E-state index in [1.54, 1.807) is 0 Å². The molecule has 0 spiro atoms. The molecule has 1 unspecified atom stereocenters. The lowest BCUT2D eigenvalue weighted by atomic mass is 9.77. The summed E-state index contributed by atoms with van der Waals surface area (Å²) in [5.41, 5.74) is 4.68. The Morgan fingerprint density at radius 1 is 0.947 bits per heavy atom. The van der Waals surface area contributed by atoms with E-state index in [4.69, 9.17) is 9.84 Å². The van der Waals surface area contributed by atoms with Crippen LogP contribution in [0, 0.1) is 5.92 Å². The van der Waals surface area contributed by atoms with E-state index in [1.807, 2.05) is 55.5 Å². The SMILES string of the molecule is CCC1CN(S(=O)(=O)Cc2ccccc2)c2ccc(-c3ccc([C@H]4CC[C@H](CC(=O)O)CC4)cc3)cc2O1. The van der Waals surface area contributed by atoms with Gasteiger partial charge in [-0.05, 0) is 78.3 Å². The number of carboxylic acid groups (broad SMARTS) is 1. The predicted octanol–water partition coefficient (Wildman–Crippen LogP) is 6.61. The smallest absolute Gasteiger partial charge is 0.303 e. The Labute approximate surface area is 225 Å². The maximum absolute atomic E-state index is 13.4. The Bertz CT molecular complexity index is 1360. The van der Waals surface area contributed by atoms with Crippen LogP contribution in [0.3, 0.4) is 0 Å². The molecule has 1 aliphatic carbocycles. The Balaban J connectivity index is 1.34. The monoisotopic (exact) mass is 533 g/mol. The summed E-state index contributed by atoms with van der Waals surface area (Å²) in [5, 5.41) is 9.06. The molecule has 0 bridgehead atoms. The summed E-state index contributed by atoms with van der Waals surface area (Å²) < 4.78 is 34.6. The van der Waals surface area contributed by atoms with Crippen molar-refractivity contribution in [3.8, 4) is 16.9 Å². The molecular formula is C31H35NO5S. The molecule has 1 atom stereocenters. The molecule has 1 saturated carbocycles. The van der Waals surface area contributed by atoms with Crippen LogP contribution in [-0.2, 0) is 20.6 Å². The average Bonchev–Trinajstić information content (AvgIpc) is 2.92. The fraction of sp³-hybridized carbons (Fsp3) is 0.387. The van der Waals surface area contributed by atoms with Crippen molar-refractivity contribution in [2.75, 3.05) is 10.8 Å². The first-order valence-corrected chi connectivity index (χ1v) is 15.1. The highest BCUT2D eigenvalue weighted by Gasteiger charge is 2.33. The number of hydrogen-bond donors (Lipinski definition) is 1. The Morgan fingerprint density at radius 3 is 2.29 bits per heavy atom. The van der Waals surface area contributed by atoms with Gasteiger partial charge in [-0.1, -0.05) is 67.6 Å². The highest BCUT2D eigenvalue weighted by Crippen LogP contribution is 2.41. The summed E-state index contributed by atoms with van der Waals surface area (Å²) in [6, 6.07) is 23.6. The van der Waals surface area contributed by atoms with Crippen LogP contribution >= 0.6 is 0 Å². The number of nitrogens with zero attached hydrogens (tertiary/aromatic N) is 1. The average molecular weight is 534 g/mol. The van der Waals surface area contributed by atoms with Crippen molar-refractivity contribution in [3.05, 3.63) is 83.9 Å². The first-order valence-electron chi connectivity index (χ1n) is 13.5. The van der Waals surface area contributed by atoms with Gasteiger partial charge in [0.05, 0.1) is 18.0 Å². The summed E-state index contributed by atoms with van der Waals surface area (Å²) in [4.78, 5) is 11.0. The van der Waals surface area contributed by atoms with E-state index in [0.717, 1.165) is 42.4 Å². The van der Waals surface area contributed by atoms with E-state index in [2.05, 4.69) is 24.3 Å². The number of aliphatic carboxylic acids is 1. The fourth-order valence-electron chi connectivity index (χ4n) is 5.73. The fourth-order valence-corrected chi connectivity index (χ4v) is 7.34. The van der Waals surface area contributed by atoms with Crippen molar-refractivity contribution >= 4 is 21.7 Å². The molecule has 3 aromatic carbocycles. The lowest BCUT2D eigenvalue weighted by Crippen LogP contribution is -2.43. The van der Waals surface area contributed by atoms with Crippen molar-refractivity contribution in [1.82, 2.24) is 0 Å². The van der Waals surface area contributed by atoms with Crippen molar-refractivity contribution in [2.45, 2.75) is 63.2 Å². The van der Waals surface area contributed by atoms with Gasteiger partial charge in [-0.25, -0.2) is 8.42 Å². The number of anilines is 1. The van der Waals surface area contributed by atoms with Crippen LogP contribution in [0.15, 0.2) is 72.8 Å². The molecule has 6 nitrogen and oxygen atoms in total. The van der Waals surface area contributed by atoms with Crippen LogP contribution < -0.4 is 9.04 Å². The summed E-state index contributed by atoms with van der Waals surface area (Å²) in [7, 11) is -3.58. The van der Waals surface area contributed by atoms with Gasteiger partial charge in [-0.2, -0.15) is 0 Å². The van der Waals surface area contributed by atoms with Crippen LogP contribution in [0.25, 0.3) is 11.1 Å². The van der Waals surface area contributed by atoms with E-state index >= 15 is 0 Å². The van der Waals surface area contributed by atoms with Crippen molar-refractivity contribution in [3.63, 3.8) is 0 Å². The van der Waals surface area contributed by atoms with Gasteiger partial charge in [0, 0.05) is 6.42 Å². The van der Waals surface area contributed by atoms with Gasteiger partial charge < -0.3 is 9.84 Å². The summed E-state index contributed by atoms with van der Waals surface area (Å²) >= 11 is 0. The lowest BCUT2D eigenvalue weighted by molar-refractivity contribution is -0.138. The number of hydrogen-bond acceptors (Lipinski definition) is 4. The standard InChI is InChI=1S/C31H35NO5S/c1-2-28-20-32(38(35,36)21-23-6-4-3-5-7-23)29-17-16-27(19-30(29)37-28)26-14-12-25(13-15-26)24-10-8-22(9-11-24)18-31(33)34/h3-7,12-17,19,22,24,28H,2,8-11,18,20-21H2,1H3,(H,33,34)/t22-,24-,28?. The zero-order valence-electron chi connectivity index (χ0n) is 21.8. The highest BCUT2D eigenvalue weighted by atomic mass is 32.2. The molecule has 3 aromatic rings. The number of carboxylic acids is 1. The number of carbonyl (C=O) groups is 1. The molecular weight excluding hydrogens is 498 g/mol. The van der Waals surface area contributed by atoms with Gasteiger partial charge in [0.2, 0.25) is 10.0 Å². The molecule has 0 radical (unpaired) electrons. The van der Waals surface area contributed by atoms with Crippen LogP contribution in [0.1, 0.15) is 62.5 Å². The van der Waals surface area contributed by atoms with Crippen LogP contribution in [0.2, 0.25) is 0 Å². The van der Waals surface area contributed by atoms with Gasteiger partial charge in [0.1, 0.15) is 11.9 Å². The van der Waals surface area contributed by atoms with Gasteiger partial charge >= 0.3 is 5.97 Å². The summed E-state index contributed by atoms with van der Waals surface area (Å²) in [5.74, 6) is 0.605. The normalized spacial score (nSPS) is 21.4. The number of rotatable bonds is 8. The van der Waals surface area contributed by atoms with E-state index < -0.39 is 16.0 Å². The molecule has 1 fully saturated rings. The van der Waals surface area contributed by atoms with Gasteiger partial charge in [-0.15, -0.1) is 0 Å². The molecule has 38 heavy (non-hydrogen) atoms. The number of benzene rings is 3. The molecule has 1 aliphatic heterocycles. The van der Waals surface area contributed by atoms with E-state index in [-0.39, 0.29) is 18.3 Å². The second kappa shape index (κ2) is 11.2. The van der Waals surface area contributed by atoms with Crippen molar-refractivity contribution in [1.29, 1.82) is 0 Å². The molecule has 0 saturated heterocycles. The largest absolute Gasteiger partial charge is 0.486 e. The third-order valence-electron chi connectivity index (χ3n) is 7.90. The second-order valence-electron chi connectivity index (χ2n) is 10.5. The molecule has 7 heteroatoms. The zero-order chi connectivity index (χ0) is 26.7. The van der Waals surface area contributed by atoms with E-state index in [1.165, 1.54) is 9.87 Å². The van der Waals surface area contributed by atoms with Gasteiger partial charge in [-0.3, -0.25) is 9.10 Å². The highest BCUT2D eigenvalue weighted by molar-refractivity contribution is 7.92. The van der Waals surface area contributed by atoms with Crippen LogP contribution in [0.5, 0.6) is 5.75 Å². The minimum atomic E-state index is -3.58. The molecule has 0 aromatic heterocycles. The first kappa shape index (κ1) is 26.3. The maximum atomic E-state index is 13.4. The Hall–Kier alpha value is -3.32. The number of sulfonamides is 1. The van der Waals surface area contributed by atoms with Gasteiger partial charge in [0.25, 0.3) is 0 Å². The van der Waals surface area contributed by atoms with Crippen LogP contribution in [0.4, 0.5) is 5.69 Å². The van der Waals surface area contributed by atoms with Crippen LogP contribution in [-0.4, -0.2) is 32.1 Å². The summed E-state index contributed by atoms with van der Waals surface area (Å²) in [6.45, 7) is 2.32. The second-order valence-corrected chi connectivity index (χ2v) is 12.4. The maximum Gasteiger partial charge on any atom is 0.303 e. The predicted molar refractivity (Wildman–Crippen MR) is 150 cm³/mol. The van der Waals surface area contributed by atoms with E-state index in [9.17, 15) is 13.2 Å². The molecule has 0 amide bonds. The Kier molecular flexibility index (Phi) is 7.75. The van der Waals surface area contributed by atoms with E-state index in [0.29, 0.717) is 36.2 Å². The summed E-state index contributed by atoms with van der Waals surface area (Å²) in [6.07, 6.45) is 4.75. The molecule has 1 N–H and O–H groups in total. The van der Waals surface area contributed by atoms with Gasteiger partial charge in [0.15, 0.2) is 0 Å². The van der Waals surface area contributed by atoms with Crippen molar-refractivity contribution in [2.24, 2.45) is 5.92 Å². The molecule has 1 heterocycles. The first-order chi connectivity index (χ1) is 18.3. The van der Waals surface area contributed by atoms with Crippen molar-refractivity contribution < 1.29 is 23.1 Å². The molecule has 200 valence electrons.